The second-order valence-electron chi connectivity index (χ2n) is 5.28. The molecule has 0 bridgehead atoms. The predicted molar refractivity (Wildman–Crippen MR) is 76.6 cm³/mol. The highest BCUT2D eigenvalue weighted by Gasteiger charge is 2.32. The predicted octanol–water partition coefficient (Wildman–Crippen LogP) is 1.48. The number of hydrogen-bond acceptors (Lipinski definition) is 3. The summed E-state index contributed by atoms with van der Waals surface area (Å²) in [5.74, 6) is 0. The zero-order valence-corrected chi connectivity index (χ0v) is 12.2. The van der Waals surface area contributed by atoms with Crippen molar-refractivity contribution >= 4 is 15.9 Å². The molecule has 1 saturated carbocycles. The van der Waals surface area contributed by atoms with Crippen molar-refractivity contribution in [2.75, 3.05) is 5.73 Å². The Labute approximate surface area is 115 Å². The number of nitrogens with zero attached hydrogens (tertiary/aromatic N) is 1. The molecule has 1 fully saturated rings. The van der Waals surface area contributed by atoms with Crippen LogP contribution in [0.25, 0.3) is 0 Å². The molecule has 0 aliphatic heterocycles. The van der Waals surface area contributed by atoms with Crippen LogP contribution < -0.4 is 10.5 Å². The van der Waals surface area contributed by atoms with Crippen molar-refractivity contribution in [3.8, 4) is 0 Å². The van der Waals surface area contributed by atoms with Crippen molar-refractivity contribution < 1.29 is 8.42 Å². The number of anilines is 1. The van der Waals surface area contributed by atoms with Crippen molar-refractivity contribution in [2.45, 2.75) is 45.3 Å². The smallest absolute Gasteiger partial charge is 0.280 e. The molecule has 1 aromatic carbocycles. The molecular formula is C13H21N3O2S. The Morgan fingerprint density at radius 2 is 2.11 bits per heavy atom. The first kappa shape index (κ1) is 14.3. The van der Waals surface area contributed by atoms with E-state index >= 15 is 0 Å². The summed E-state index contributed by atoms with van der Waals surface area (Å²) in [4.78, 5) is 0. The molecule has 0 unspecified atom stereocenters. The molecule has 1 aliphatic carbocycles. The molecule has 3 N–H and O–H groups in total. The lowest BCUT2D eigenvalue weighted by Crippen LogP contribution is -2.44. The van der Waals surface area contributed by atoms with E-state index in [4.69, 9.17) is 5.73 Å². The average Bonchev–Trinajstić information content (AvgIpc) is 3.08. The number of hydrogen-bond donors (Lipinski definition) is 2. The average molecular weight is 283 g/mol. The number of nitrogens with one attached hydrogen (secondary N) is 1. The first-order valence-corrected chi connectivity index (χ1v) is 7.96. The second kappa shape index (κ2) is 5.48. The van der Waals surface area contributed by atoms with Gasteiger partial charge in [-0.05, 0) is 44.4 Å². The zero-order chi connectivity index (χ0) is 14.0. The molecule has 0 amide bonds. The fourth-order valence-electron chi connectivity index (χ4n) is 1.90. The molecular weight excluding hydrogens is 262 g/mol. The number of nitrogen functional groups attached to an aromatic ring is 1. The molecule has 0 radical (unpaired) electrons. The largest absolute Gasteiger partial charge is 0.399 e. The highest BCUT2D eigenvalue weighted by molar-refractivity contribution is 7.87. The van der Waals surface area contributed by atoms with Crippen LogP contribution in [0, 0.1) is 0 Å². The minimum Gasteiger partial charge on any atom is -0.399 e. The van der Waals surface area contributed by atoms with Gasteiger partial charge in [-0.1, -0.05) is 12.1 Å². The van der Waals surface area contributed by atoms with Gasteiger partial charge in [-0.2, -0.15) is 17.4 Å². The molecule has 0 heterocycles. The van der Waals surface area contributed by atoms with Gasteiger partial charge in [-0.3, -0.25) is 0 Å². The molecule has 1 aliphatic rings. The molecule has 5 nitrogen and oxygen atoms in total. The summed E-state index contributed by atoms with van der Waals surface area (Å²) in [6.45, 7) is 4.08. The molecule has 6 heteroatoms. The van der Waals surface area contributed by atoms with E-state index in [1.54, 1.807) is 6.07 Å². The Morgan fingerprint density at radius 3 is 2.63 bits per heavy atom. The fraction of sp³-hybridized carbons (Fsp3) is 0.538. The number of rotatable bonds is 6. The summed E-state index contributed by atoms with van der Waals surface area (Å²) < 4.78 is 28.8. The van der Waals surface area contributed by atoms with Gasteiger partial charge in [0.25, 0.3) is 10.2 Å². The maximum Gasteiger partial charge on any atom is 0.280 e. The lowest BCUT2D eigenvalue weighted by Gasteiger charge is -2.26. The van der Waals surface area contributed by atoms with Crippen molar-refractivity contribution in [2.24, 2.45) is 0 Å². The van der Waals surface area contributed by atoms with Gasteiger partial charge in [0.05, 0.1) is 0 Å². The van der Waals surface area contributed by atoms with E-state index in [0.29, 0.717) is 12.2 Å². The van der Waals surface area contributed by atoms with E-state index in [1.165, 1.54) is 4.31 Å². The van der Waals surface area contributed by atoms with Crippen LogP contribution in [0.2, 0.25) is 0 Å². The van der Waals surface area contributed by atoms with Gasteiger partial charge >= 0.3 is 0 Å². The molecule has 0 saturated heterocycles. The Kier molecular flexibility index (Phi) is 4.13. The minimum absolute atomic E-state index is 0.0994. The van der Waals surface area contributed by atoms with Crippen LogP contribution in [-0.2, 0) is 16.8 Å². The molecule has 1 aromatic rings. The van der Waals surface area contributed by atoms with Gasteiger partial charge < -0.3 is 5.73 Å². The van der Waals surface area contributed by atoms with E-state index in [2.05, 4.69) is 4.72 Å². The lowest BCUT2D eigenvalue weighted by molar-refractivity contribution is 0.342. The SMILES string of the molecule is CC(C)N(Cc1cccc(N)c1)S(=O)(=O)NC1CC1. The Bertz CT molecular complexity index is 539. The first-order chi connectivity index (χ1) is 8.88. The van der Waals surface area contributed by atoms with Gasteiger partial charge in [0.15, 0.2) is 0 Å². The minimum atomic E-state index is -3.43. The summed E-state index contributed by atoms with van der Waals surface area (Å²) in [6, 6.07) is 7.34. The van der Waals surface area contributed by atoms with Crippen LogP contribution >= 0.6 is 0 Å². The van der Waals surface area contributed by atoms with Crippen LogP contribution in [0.15, 0.2) is 24.3 Å². The van der Waals surface area contributed by atoms with E-state index in [9.17, 15) is 8.42 Å². The summed E-state index contributed by atoms with van der Waals surface area (Å²) in [5.41, 5.74) is 7.27. The third kappa shape index (κ3) is 3.92. The van der Waals surface area contributed by atoms with Crippen LogP contribution in [0.3, 0.4) is 0 Å². The van der Waals surface area contributed by atoms with Crippen LogP contribution in [0.1, 0.15) is 32.3 Å². The molecule has 0 aromatic heterocycles. The van der Waals surface area contributed by atoms with Crippen molar-refractivity contribution in [3.05, 3.63) is 29.8 Å². The van der Waals surface area contributed by atoms with Gasteiger partial charge in [0, 0.05) is 24.3 Å². The van der Waals surface area contributed by atoms with Crippen LogP contribution in [0.4, 0.5) is 5.69 Å². The van der Waals surface area contributed by atoms with E-state index in [0.717, 1.165) is 18.4 Å². The third-order valence-corrected chi connectivity index (χ3v) is 4.87. The van der Waals surface area contributed by atoms with Gasteiger partial charge in [-0.15, -0.1) is 0 Å². The fourth-order valence-corrected chi connectivity index (χ4v) is 3.56. The molecule has 2 rings (SSSR count). The standard InChI is InChI=1S/C13H21N3O2S/c1-10(2)16(19(17,18)15-13-6-7-13)9-11-4-3-5-12(14)8-11/h3-5,8,10,13,15H,6-7,9,14H2,1-2H3. The van der Waals surface area contributed by atoms with E-state index < -0.39 is 10.2 Å². The van der Waals surface area contributed by atoms with Gasteiger partial charge in [-0.25, -0.2) is 0 Å². The van der Waals surface area contributed by atoms with Crippen molar-refractivity contribution in [3.63, 3.8) is 0 Å². The van der Waals surface area contributed by atoms with E-state index in [-0.39, 0.29) is 12.1 Å². The topological polar surface area (TPSA) is 75.4 Å². The normalized spacial score (nSPS) is 16.2. The summed E-state index contributed by atoms with van der Waals surface area (Å²) in [5, 5.41) is 0. The Hall–Kier alpha value is -1.11. The van der Waals surface area contributed by atoms with E-state index in [1.807, 2.05) is 32.0 Å². The Balaban J connectivity index is 2.15. The third-order valence-electron chi connectivity index (χ3n) is 3.07. The van der Waals surface area contributed by atoms with Crippen LogP contribution in [-0.4, -0.2) is 24.8 Å². The lowest BCUT2D eigenvalue weighted by atomic mass is 10.2. The summed E-state index contributed by atoms with van der Waals surface area (Å²) in [6.07, 6.45) is 1.87. The maximum absolute atomic E-state index is 12.3. The molecule has 0 spiro atoms. The number of nitrogens with two attached hydrogens (primary N) is 1. The maximum atomic E-state index is 12.3. The summed E-state index contributed by atoms with van der Waals surface area (Å²) >= 11 is 0. The van der Waals surface area contributed by atoms with Crippen molar-refractivity contribution in [1.82, 2.24) is 9.03 Å². The quantitative estimate of drug-likeness (QED) is 0.776. The van der Waals surface area contributed by atoms with Gasteiger partial charge in [0.1, 0.15) is 0 Å². The zero-order valence-electron chi connectivity index (χ0n) is 11.3. The second-order valence-corrected chi connectivity index (χ2v) is 6.94. The monoisotopic (exact) mass is 283 g/mol. The van der Waals surface area contributed by atoms with Gasteiger partial charge in [0.2, 0.25) is 0 Å². The molecule has 19 heavy (non-hydrogen) atoms. The highest BCUT2D eigenvalue weighted by Crippen LogP contribution is 2.22. The van der Waals surface area contributed by atoms with Crippen molar-refractivity contribution in [1.29, 1.82) is 0 Å². The van der Waals surface area contributed by atoms with Crippen LogP contribution in [0.5, 0.6) is 0 Å². The Morgan fingerprint density at radius 1 is 1.42 bits per heavy atom. The number of benzene rings is 1. The first-order valence-electron chi connectivity index (χ1n) is 6.52. The highest BCUT2D eigenvalue weighted by atomic mass is 32.2. The molecule has 106 valence electrons. The summed E-state index contributed by atoms with van der Waals surface area (Å²) in [7, 11) is -3.43. The molecule has 0 atom stereocenters.